The van der Waals surface area contributed by atoms with E-state index in [1.165, 1.54) is 7.11 Å². The van der Waals surface area contributed by atoms with Crippen LogP contribution in [0, 0.1) is 5.41 Å². The number of hydrogen-bond donors (Lipinski definition) is 1. The van der Waals surface area contributed by atoms with Gasteiger partial charge in [0.2, 0.25) is 0 Å². The Bertz CT molecular complexity index is 565. The number of methoxy groups -OCH3 is 1. The number of aliphatic hydroxyl groups excluding tert-OH is 1. The molecule has 0 radical (unpaired) electrons. The van der Waals surface area contributed by atoms with Crippen LogP contribution in [-0.4, -0.2) is 42.7 Å². The zero-order valence-electron chi connectivity index (χ0n) is 12.9. The van der Waals surface area contributed by atoms with Crippen LogP contribution in [0.15, 0.2) is 12.1 Å². The topological polar surface area (TPSA) is 49.8 Å². The monoisotopic (exact) mass is 345 g/mol. The van der Waals surface area contributed by atoms with Gasteiger partial charge < -0.3 is 14.7 Å². The Labute approximate surface area is 141 Å². The van der Waals surface area contributed by atoms with E-state index in [1.807, 2.05) is 0 Å². The summed E-state index contributed by atoms with van der Waals surface area (Å²) >= 11 is 12.0. The summed E-state index contributed by atoms with van der Waals surface area (Å²) in [4.78, 5) is 14.5. The van der Waals surface area contributed by atoms with Gasteiger partial charge in [-0.1, -0.05) is 36.5 Å². The van der Waals surface area contributed by atoms with Gasteiger partial charge in [0.05, 0.1) is 29.3 Å². The van der Waals surface area contributed by atoms with Crippen LogP contribution in [0.4, 0.5) is 0 Å². The van der Waals surface area contributed by atoms with Gasteiger partial charge in [-0.05, 0) is 18.9 Å². The molecule has 6 heteroatoms. The van der Waals surface area contributed by atoms with Gasteiger partial charge in [0.1, 0.15) is 5.75 Å². The number of aliphatic hydroxyl groups is 1. The van der Waals surface area contributed by atoms with Crippen LogP contribution in [0.3, 0.4) is 0 Å². The molecular formula is C16H21Cl2NO3. The predicted molar refractivity (Wildman–Crippen MR) is 88.0 cm³/mol. The quantitative estimate of drug-likeness (QED) is 0.886. The van der Waals surface area contributed by atoms with E-state index in [2.05, 4.69) is 6.92 Å². The number of nitrogens with zero attached hydrogens (tertiary/aromatic N) is 1. The van der Waals surface area contributed by atoms with Crippen LogP contribution in [0.5, 0.6) is 5.75 Å². The fourth-order valence-electron chi connectivity index (χ4n) is 3.09. The van der Waals surface area contributed by atoms with E-state index >= 15 is 0 Å². The molecule has 2 rings (SSSR count). The lowest BCUT2D eigenvalue weighted by atomic mass is 9.83. The molecule has 1 fully saturated rings. The third-order valence-corrected chi connectivity index (χ3v) is 5.04. The average Bonchev–Trinajstić information content (AvgIpc) is 2.94. The average molecular weight is 346 g/mol. The number of benzene rings is 1. The third kappa shape index (κ3) is 3.34. The first kappa shape index (κ1) is 17.4. The Morgan fingerprint density at radius 1 is 1.41 bits per heavy atom. The first-order valence-corrected chi connectivity index (χ1v) is 8.15. The largest absolute Gasteiger partial charge is 0.496 e. The Morgan fingerprint density at radius 3 is 2.68 bits per heavy atom. The van der Waals surface area contributed by atoms with Gasteiger partial charge in [-0.3, -0.25) is 4.79 Å². The van der Waals surface area contributed by atoms with Gasteiger partial charge in [0, 0.05) is 24.6 Å². The van der Waals surface area contributed by atoms with Gasteiger partial charge in [0.25, 0.3) is 5.91 Å². The molecule has 1 atom stereocenters. The van der Waals surface area contributed by atoms with Crippen molar-refractivity contribution in [2.45, 2.75) is 26.2 Å². The van der Waals surface area contributed by atoms with Crippen molar-refractivity contribution in [1.29, 1.82) is 0 Å². The van der Waals surface area contributed by atoms with Crippen molar-refractivity contribution in [3.05, 3.63) is 27.7 Å². The van der Waals surface area contributed by atoms with E-state index in [0.29, 0.717) is 34.4 Å². The van der Waals surface area contributed by atoms with Crippen LogP contribution >= 0.6 is 23.2 Å². The van der Waals surface area contributed by atoms with Gasteiger partial charge in [0.15, 0.2) is 0 Å². The normalized spacial score (nSPS) is 21.2. The van der Waals surface area contributed by atoms with Gasteiger partial charge in [-0.15, -0.1) is 0 Å². The minimum absolute atomic E-state index is 0.100. The second-order valence-electron chi connectivity index (χ2n) is 5.85. The summed E-state index contributed by atoms with van der Waals surface area (Å²) in [7, 11) is 1.50. The van der Waals surface area contributed by atoms with Gasteiger partial charge in [-0.25, -0.2) is 0 Å². The van der Waals surface area contributed by atoms with Crippen LogP contribution in [0.2, 0.25) is 10.0 Å². The number of halogens is 2. The standard InChI is InChI=1S/C16H21Cl2NO3/c1-3-4-16(10-20)5-6-19(9-16)15(21)11-7-12(17)13(18)8-14(11)22-2/h7-8,20H,3-6,9-10H2,1-2H3. The molecule has 0 aliphatic carbocycles. The number of carbonyl (C=O) groups is 1. The number of amides is 1. The summed E-state index contributed by atoms with van der Waals surface area (Å²) in [6.07, 6.45) is 2.71. The zero-order valence-corrected chi connectivity index (χ0v) is 14.4. The summed E-state index contributed by atoms with van der Waals surface area (Å²) in [5.74, 6) is 0.276. The molecule has 1 heterocycles. The molecular weight excluding hydrogens is 325 g/mol. The highest BCUT2D eigenvalue weighted by Gasteiger charge is 2.39. The number of ether oxygens (including phenoxy) is 1. The summed E-state index contributed by atoms with van der Waals surface area (Å²) < 4.78 is 5.25. The molecule has 1 N–H and O–H groups in total. The van der Waals surface area contributed by atoms with Crippen LogP contribution in [0.1, 0.15) is 36.5 Å². The highest BCUT2D eigenvalue weighted by molar-refractivity contribution is 6.42. The lowest BCUT2D eigenvalue weighted by Crippen LogP contribution is -2.34. The SMILES string of the molecule is CCCC1(CO)CCN(C(=O)c2cc(Cl)c(Cl)cc2OC)C1. The van der Waals surface area contributed by atoms with E-state index < -0.39 is 0 Å². The fourth-order valence-corrected chi connectivity index (χ4v) is 3.40. The summed E-state index contributed by atoms with van der Waals surface area (Å²) in [5.41, 5.74) is 0.218. The van der Waals surface area contributed by atoms with Crippen molar-refractivity contribution in [1.82, 2.24) is 4.90 Å². The van der Waals surface area contributed by atoms with E-state index in [4.69, 9.17) is 27.9 Å². The van der Waals surface area contributed by atoms with Crippen molar-refractivity contribution in [3.8, 4) is 5.75 Å². The number of hydrogen-bond acceptors (Lipinski definition) is 3. The molecule has 0 bridgehead atoms. The van der Waals surface area contributed by atoms with Crippen molar-refractivity contribution < 1.29 is 14.6 Å². The number of likely N-dealkylation sites (tertiary alicyclic amines) is 1. The molecule has 1 amide bonds. The van der Waals surface area contributed by atoms with Gasteiger partial charge in [-0.2, -0.15) is 0 Å². The Kier molecular flexibility index (Phi) is 5.59. The van der Waals surface area contributed by atoms with E-state index in [1.54, 1.807) is 17.0 Å². The molecule has 0 aromatic heterocycles. The molecule has 4 nitrogen and oxygen atoms in total. The van der Waals surface area contributed by atoms with E-state index in [-0.39, 0.29) is 17.9 Å². The maximum absolute atomic E-state index is 12.8. The maximum atomic E-state index is 12.8. The van der Waals surface area contributed by atoms with Crippen molar-refractivity contribution in [3.63, 3.8) is 0 Å². The van der Waals surface area contributed by atoms with E-state index in [0.717, 1.165) is 19.3 Å². The Balaban J connectivity index is 2.25. The van der Waals surface area contributed by atoms with Crippen LogP contribution in [0.25, 0.3) is 0 Å². The Hall–Kier alpha value is -0.970. The summed E-state index contributed by atoms with van der Waals surface area (Å²) in [5, 5.41) is 10.4. The molecule has 0 spiro atoms. The number of rotatable bonds is 5. The smallest absolute Gasteiger partial charge is 0.257 e. The van der Waals surface area contributed by atoms with Crippen LogP contribution in [-0.2, 0) is 0 Å². The van der Waals surface area contributed by atoms with E-state index in [9.17, 15) is 9.90 Å². The molecule has 0 saturated carbocycles. The summed E-state index contributed by atoms with van der Waals surface area (Å²) in [6.45, 7) is 3.37. The Morgan fingerprint density at radius 2 is 2.09 bits per heavy atom. The third-order valence-electron chi connectivity index (χ3n) is 4.31. The molecule has 1 aliphatic heterocycles. The first-order chi connectivity index (χ1) is 10.5. The van der Waals surface area contributed by atoms with Crippen molar-refractivity contribution in [2.75, 3.05) is 26.8 Å². The lowest BCUT2D eigenvalue weighted by molar-refractivity contribution is 0.0726. The van der Waals surface area contributed by atoms with Crippen molar-refractivity contribution >= 4 is 29.1 Å². The van der Waals surface area contributed by atoms with Crippen LogP contribution < -0.4 is 4.74 Å². The maximum Gasteiger partial charge on any atom is 0.257 e. The second kappa shape index (κ2) is 7.07. The predicted octanol–water partition coefficient (Wildman–Crippen LogP) is 3.63. The summed E-state index contributed by atoms with van der Waals surface area (Å²) in [6, 6.07) is 3.10. The minimum Gasteiger partial charge on any atom is -0.496 e. The first-order valence-electron chi connectivity index (χ1n) is 7.39. The molecule has 1 unspecified atom stereocenters. The lowest BCUT2D eigenvalue weighted by Gasteiger charge is -2.26. The fraction of sp³-hybridized carbons (Fsp3) is 0.562. The second-order valence-corrected chi connectivity index (χ2v) is 6.67. The molecule has 1 aromatic carbocycles. The molecule has 122 valence electrons. The zero-order chi connectivity index (χ0) is 16.3. The number of carbonyl (C=O) groups excluding carboxylic acids is 1. The molecule has 22 heavy (non-hydrogen) atoms. The highest BCUT2D eigenvalue weighted by atomic mass is 35.5. The minimum atomic E-state index is -0.187. The van der Waals surface area contributed by atoms with Gasteiger partial charge >= 0.3 is 0 Å². The molecule has 1 saturated heterocycles. The highest BCUT2D eigenvalue weighted by Crippen LogP contribution is 2.37. The van der Waals surface area contributed by atoms with Crippen molar-refractivity contribution in [2.24, 2.45) is 5.41 Å². The molecule has 1 aromatic rings. The molecule has 1 aliphatic rings.